The fourth-order valence-electron chi connectivity index (χ4n) is 3.03. The molecule has 1 atom stereocenters. The lowest BCUT2D eigenvalue weighted by molar-refractivity contribution is -0.138. The number of carboxylic acids is 1. The van der Waals surface area contributed by atoms with Crippen molar-refractivity contribution < 1.29 is 14.3 Å². The smallest absolute Gasteiger partial charge is 0.303 e. The molecule has 16 heavy (non-hydrogen) atoms. The van der Waals surface area contributed by atoms with E-state index in [-0.39, 0.29) is 23.6 Å². The first-order valence-corrected chi connectivity index (χ1v) is 5.74. The lowest BCUT2D eigenvalue weighted by Crippen LogP contribution is -2.15. The second-order valence-electron chi connectivity index (χ2n) is 4.95. The molecule has 0 aromatic heterocycles. The number of allylic oxidation sites excluding steroid dienone is 4. The van der Waals surface area contributed by atoms with Crippen molar-refractivity contribution in [1.82, 2.24) is 0 Å². The van der Waals surface area contributed by atoms with E-state index < -0.39 is 5.97 Å². The van der Waals surface area contributed by atoms with Crippen LogP contribution in [-0.4, -0.2) is 11.1 Å². The number of halogens is 1. The van der Waals surface area contributed by atoms with Crippen molar-refractivity contribution in [3.63, 3.8) is 0 Å². The van der Waals surface area contributed by atoms with Crippen molar-refractivity contribution in [1.29, 1.82) is 0 Å². The molecule has 2 nitrogen and oxygen atoms in total. The minimum atomic E-state index is -0.827. The molecule has 0 aromatic rings. The SMILES string of the molecule is C/C=C1/CC2(CC2)C(CC(=O)O)/C1=C(/C)F. The van der Waals surface area contributed by atoms with Gasteiger partial charge in [0.2, 0.25) is 0 Å². The fourth-order valence-corrected chi connectivity index (χ4v) is 3.03. The van der Waals surface area contributed by atoms with Crippen molar-refractivity contribution >= 4 is 5.97 Å². The van der Waals surface area contributed by atoms with E-state index in [9.17, 15) is 9.18 Å². The van der Waals surface area contributed by atoms with Crippen molar-refractivity contribution in [2.45, 2.75) is 39.5 Å². The Morgan fingerprint density at radius 2 is 2.25 bits per heavy atom. The molecule has 0 bridgehead atoms. The minimum Gasteiger partial charge on any atom is -0.481 e. The molecule has 0 heterocycles. The average molecular weight is 224 g/mol. The summed E-state index contributed by atoms with van der Waals surface area (Å²) in [6.45, 7) is 3.34. The van der Waals surface area contributed by atoms with Crippen LogP contribution in [0.1, 0.15) is 39.5 Å². The Morgan fingerprint density at radius 1 is 1.62 bits per heavy atom. The number of hydrogen-bond donors (Lipinski definition) is 1. The van der Waals surface area contributed by atoms with E-state index in [2.05, 4.69) is 0 Å². The highest BCUT2D eigenvalue weighted by Gasteiger charge is 2.56. The highest BCUT2D eigenvalue weighted by molar-refractivity contribution is 5.69. The van der Waals surface area contributed by atoms with Gasteiger partial charge in [-0.2, -0.15) is 0 Å². The first-order chi connectivity index (χ1) is 7.50. The maximum Gasteiger partial charge on any atom is 0.303 e. The van der Waals surface area contributed by atoms with Crippen LogP contribution in [0.2, 0.25) is 0 Å². The molecule has 2 rings (SSSR count). The molecular formula is C13H17FO2. The van der Waals surface area contributed by atoms with Gasteiger partial charge < -0.3 is 5.11 Å². The van der Waals surface area contributed by atoms with Gasteiger partial charge in [0.1, 0.15) is 5.83 Å². The molecule has 0 aromatic carbocycles. The minimum absolute atomic E-state index is 0.0634. The van der Waals surface area contributed by atoms with Gasteiger partial charge in [0.15, 0.2) is 0 Å². The van der Waals surface area contributed by atoms with Crippen molar-refractivity contribution in [2.24, 2.45) is 11.3 Å². The zero-order valence-electron chi connectivity index (χ0n) is 9.72. The van der Waals surface area contributed by atoms with Crippen LogP contribution in [0.5, 0.6) is 0 Å². The van der Waals surface area contributed by atoms with E-state index in [4.69, 9.17) is 5.11 Å². The second kappa shape index (κ2) is 3.72. The Balaban J connectivity index is 2.38. The molecule has 2 saturated carbocycles. The Kier molecular flexibility index (Phi) is 2.64. The van der Waals surface area contributed by atoms with Gasteiger partial charge in [-0.1, -0.05) is 6.08 Å². The summed E-state index contributed by atoms with van der Waals surface area (Å²) in [5.41, 5.74) is 1.76. The first-order valence-electron chi connectivity index (χ1n) is 5.74. The molecule has 2 aliphatic carbocycles. The Morgan fingerprint density at radius 3 is 2.62 bits per heavy atom. The summed E-state index contributed by atoms with van der Waals surface area (Å²) in [5.74, 6) is -1.14. The molecule has 1 spiro atoms. The van der Waals surface area contributed by atoms with E-state index in [0.29, 0.717) is 5.57 Å². The largest absolute Gasteiger partial charge is 0.481 e. The third-order valence-electron chi connectivity index (χ3n) is 3.97. The Hall–Kier alpha value is -1.12. The van der Waals surface area contributed by atoms with Gasteiger partial charge in [0.05, 0.1) is 6.42 Å². The summed E-state index contributed by atoms with van der Waals surface area (Å²) in [7, 11) is 0. The molecule has 1 unspecified atom stereocenters. The van der Waals surface area contributed by atoms with Crippen LogP contribution >= 0.6 is 0 Å². The summed E-state index contributed by atoms with van der Waals surface area (Å²) in [6, 6.07) is 0. The summed E-state index contributed by atoms with van der Waals surface area (Å²) in [6.07, 6.45) is 4.93. The van der Waals surface area contributed by atoms with Crippen molar-refractivity contribution in [2.75, 3.05) is 0 Å². The summed E-state index contributed by atoms with van der Waals surface area (Å²) in [5, 5.41) is 8.93. The monoisotopic (exact) mass is 224 g/mol. The maximum atomic E-state index is 13.6. The van der Waals surface area contributed by atoms with E-state index in [0.717, 1.165) is 24.8 Å². The number of hydrogen-bond acceptors (Lipinski definition) is 1. The predicted octanol–water partition coefficient (Wildman–Crippen LogP) is 3.45. The summed E-state index contributed by atoms with van der Waals surface area (Å²) >= 11 is 0. The molecule has 3 heteroatoms. The summed E-state index contributed by atoms with van der Waals surface area (Å²) in [4.78, 5) is 10.9. The normalized spacial score (nSPS) is 32.2. The molecule has 88 valence electrons. The molecule has 0 amide bonds. The molecule has 2 fully saturated rings. The van der Waals surface area contributed by atoms with E-state index >= 15 is 0 Å². The third kappa shape index (κ3) is 1.68. The van der Waals surface area contributed by atoms with Crippen LogP contribution in [0.25, 0.3) is 0 Å². The lowest BCUT2D eigenvalue weighted by Gasteiger charge is -2.17. The van der Waals surface area contributed by atoms with Crippen LogP contribution in [0.4, 0.5) is 4.39 Å². The Bertz CT molecular complexity index is 385. The van der Waals surface area contributed by atoms with Gasteiger partial charge in [-0.3, -0.25) is 4.79 Å². The number of carbonyl (C=O) groups is 1. The van der Waals surface area contributed by atoms with Gasteiger partial charge >= 0.3 is 5.97 Å². The van der Waals surface area contributed by atoms with Gasteiger partial charge in [0, 0.05) is 5.92 Å². The highest BCUT2D eigenvalue weighted by Crippen LogP contribution is 2.66. The number of carboxylic acid groups (broad SMARTS) is 1. The van der Waals surface area contributed by atoms with Crippen LogP contribution in [-0.2, 0) is 4.79 Å². The van der Waals surface area contributed by atoms with Gasteiger partial charge in [-0.25, -0.2) is 4.39 Å². The predicted molar refractivity (Wildman–Crippen MR) is 59.6 cm³/mol. The zero-order chi connectivity index (χ0) is 11.9. The average Bonchev–Trinajstić information content (AvgIpc) is 2.87. The van der Waals surface area contributed by atoms with Gasteiger partial charge in [-0.05, 0) is 49.7 Å². The zero-order valence-corrected chi connectivity index (χ0v) is 9.72. The van der Waals surface area contributed by atoms with Crippen LogP contribution < -0.4 is 0 Å². The van der Waals surface area contributed by atoms with E-state index in [1.807, 2.05) is 13.0 Å². The molecule has 0 radical (unpaired) electrons. The summed E-state index contributed by atoms with van der Waals surface area (Å²) < 4.78 is 13.6. The third-order valence-corrected chi connectivity index (χ3v) is 3.97. The van der Waals surface area contributed by atoms with Crippen LogP contribution in [0.15, 0.2) is 23.0 Å². The highest BCUT2D eigenvalue weighted by atomic mass is 19.1. The van der Waals surface area contributed by atoms with Crippen molar-refractivity contribution in [3.05, 3.63) is 23.0 Å². The van der Waals surface area contributed by atoms with Crippen LogP contribution in [0.3, 0.4) is 0 Å². The second-order valence-corrected chi connectivity index (χ2v) is 4.95. The molecule has 1 N–H and O–H groups in total. The van der Waals surface area contributed by atoms with Crippen molar-refractivity contribution in [3.8, 4) is 0 Å². The number of rotatable bonds is 2. The molecule has 0 aliphatic heterocycles. The van der Waals surface area contributed by atoms with Crippen LogP contribution in [0, 0.1) is 11.3 Å². The molecule has 0 saturated heterocycles. The van der Waals surface area contributed by atoms with Gasteiger partial charge in [0.25, 0.3) is 0 Å². The molecular weight excluding hydrogens is 207 g/mol. The fraction of sp³-hybridized carbons (Fsp3) is 0.615. The van der Waals surface area contributed by atoms with Gasteiger partial charge in [-0.15, -0.1) is 0 Å². The first kappa shape index (κ1) is 11.4. The topological polar surface area (TPSA) is 37.3 Å². The van der Waals surface area contributed by atoms with E-state index in [1.165, 1.54) is 6.92 Å². The molecule has 2 aliphatic rings. The quantitative estimate of drug-likeness (QED) is 0.780. The number of aliphatic carboxylic acids is 1. The Labute approximate surface area is 94.8 Å². The van der Waals surface area contributed by atoms with E-state index in [1.54, 1.807) is 0 Å². The standard InChI is InChI=1S/C13H17FO2/c1-3-9-7-13(4-5-13)10(6-11(15)16)12(9)8(2)14/h3,10H,4-7H2,1-2H3,(H,15,16)/b9-3-,12-8-. The maximum absolute atomic E-state index is 13.6. The lowest BCUT2D eigenvalue weighted by atomic mass is 9.87.